The Morgan fingerprint density at radius 1 is 0.755 bits per heavy atom. The maximum atomic E-state index is 5.50. The van der Waals surface area contributed by atoms with Crippen LogP contribution in [0.1, 0.15) is 135 Å². The van der Waals surface area contributed by atoms with Crippen LogP contribution in [-0.4, -0.2) is 6.72 Å². The van der Waals surface area contributed by atoms with Gasteiger partial charge in [0.25, 0.3) is 0 Å². The SMILES string of the molecule is C=C(CC/C=C\C)c1cc2c(cc1NC1=CC=C(C)CC1)-c1ccccc1C2(C)C.C=N.CC.CC.CC.c1ccc(C2NC2c2ccccc2)cc1. The van der Waals surface area contributed by atoms with Crippen molar-refractivity contribution in [1.29, 1.82) is 5.41 Å². The number of allylic oxidation sites excluding steroid dienone is 7. The summed E-state index contributed by atoms with van der Waals surface area (Å²) in [5, 5.41) is 12.8. The van der Waals surface area contributed by atoms with E-state index in [2.05, 4.69) is 173 Å². The molecule has 53 heavy (non-hydrogen) atoms. The summed E-state index contributed by atoms with van der Waals surface area (Å²) >= 11 is 0. The molecular weight excluding hydrogens is 643 g/mol. The van der Waals surface area contributed by atoms with E-state index in [4.69, 9.17) is 5.41 Å². The van der Waals surface area contributed by atoms with Gasteiger partial charge in [0.15, 0.2) is 0 Å². The maximum absolute atomic E-state index is 5.50. The summed E-state index contributed by atoms with van der Waals surface area (Å²) in [7, 11) is 0. The number of hydrogen-bond donors (Lipinski definition) is 3. The number of fused-ring (bicyclic) bond motifs is 3. The molecule has 1 heterocycles. The average Bonchev–Trinajstić information content (AvgIpc) is 4.00. The van der Waals surface area contributed by atoms with E-state index in [1.165, 1.54) is 61.5 Å². The molecule has 1 saturated heterocycles. The van der Waals surface area contributed by atoms with Gasteiger partial charge in [-0.15, -0.1) is 0 Å². The lowest BCUT2D eigenvalue weighted by molar-refractivity contribution is 0.660. The van der Waals surface area contributed by atoms with E-state index in [9.17, 15) is 0 Å². The molecule has 0 spiro atoms. The third kappa shape index (κ3) is 11.6. The largest absolute Gasteiger partial charge is 0.358 e. The van der Waals surface area contributed by atoms with Gasteiger partial charge in [-0.1, -0.05) is 171 Å². The quantitative estimate of drug-likeness (QED) is 0.0969. The second kappa shape index (κ2) is 23.0. The lowest BCUT2D eigenvalue weighted by Gasteiger charge is -2.24. The van der Waals surface area contributed by atoms with Crippen LogP contribution < -0.4 is 10.6 Å². The predicted molar refractivity (Wildman–Crippen MR) is 237 cm³/mol. The fourth-order valence-corrected chi connectivity index (χ4v) is 6.76. The highest BCUT2D eigenvalue weighted by Crippen LogP contribution is 2.51. The summed E-state index contributed by atoms with van der Waals surface area (Å²) in [6, 6.07) is 35.9. The van der Waals surface area contributed by atoms with Crippen molar-refractivity contribution >= 4 is 18.0 Å². The Morgan fingerprint density at radius 2 is 1.30 bits per heavy atom. The van der Waals surface area contributed by atoms with E-state index in [-0.39, 0.29) is 5.41 Å². The number of rotatable bonds is 8. The first-order valence-corrected chi connectivity index (χ1v) is 19.8. The lowest BCUT2D eigenvalue weighted by atomic mass is 9.81. The molecule has 7 rings (SSSR count). The van der Waals surface area contributed by atoms with Crippen LogP contribution in [0.25, 0.3) is 16.7 Å². The van der Waals surface area contributed by atoms with Crippen LogP contribution in [0, 0.1) is 5.41 Å². The van der Waals surface area contributed by atoms with Gasteiger partial charge in [0.2, 0.25) is 0 Å². The smallest absolute Gasteiger partial charge is 0.0523 e. The zero-order valence-electron chi connectivity index (χ0n) is 34.4. The summed E-state index contributed by atoms with van der Waals surface area (Å²) in [4.78, 5) is 0. The summed E-state index contributed by atoms with van der Waals surface area (Å²) in [5.41, 5.74) is 14.7. The first-order valence-electron chi connectivity index (χ1n) is 19.8. The normalized spacial score (nSPS) is 16.6. The monoisotopic (exact) mass is 710 g/mol. The number of benzene rings is 4. The molecule has 2 aliphatic carbocycles. The highest BCUT2D eigenvalue weighted by molar-refractivity contribution is 5.88. The molecule has 0 amide bonds. The molecule has 4 aromatic rings. The van der Waals surface area contributed by atoms with Gasteiger partial charge >= 0.3 is 0 Å². The Balaban J connectivity index is 0.000000353. The van der Waals surface area contributed by atoms with Gasteiger partial charge < -0.3 is 10.7 Å². The van der Waals surface area contributed by atoms with Crippen molar-refractivity contribution in [2.24, 2.45) is 0 Å². The van der Waals surface area contributed by atoms with Crippen molar-refractivity contribution in [3.05, 3.63) is 167 Å². The standard InChI is InChI=1S/C29H33N.C14H13N.3C2H6.CH3N/c1-6-7-8-11-21(3)24-18-27-25(23-12-9-10-13-26(23)29(27,4)5)19-28(24)30-22-16-14-20(2)15-17-22;1-3-7-11(8-4-1)13-14(15-13)12-9-5-2-6-10-12;4*1-2/h6-7,9-10,12-14,16,18-19,30H,3,8,11,15,17H2,1-2,4-5H3;1-10,13-15H;3*1-2H3;2H,1H2/b7-6-;;;;;. The molecule has 3 heteroatoms. The summed E-state index contributed by atoms with van der Waals surface area (Å²) in [6.45, 7) is 27.9. The molecule has 3 aliphatic rings. The van der Waals surface area contributed by atoms with Gasteiger partial charge in [-0.05, 0) is 103 Å². The van der Waals surface area contributed by atoms with Gasteiger partial charge in [0.05, 0.1) is 12.1 Å². The molecule has 3 nitrogen and oxygen atoms in total. The predicted octanol–water partition coefficient (Wildman–Crippen LogP) is 14.8. The van der Waals surface area contributed by atoms with E-state index in [0.717, 1.165) is 25.7 Å². The Morgan fingerprint density at radius 3 is 1.83 bits per heavy atom. The summed E-state index contributed by atoms with van der Waals surface area (Å²) < 4.78 is 0. The van der Waals surface area contributed by atoms with Crippen LogP contribution in [0.3, 0.4) is 0 Å². The van der Waals surface area contributed by atoms with Crippen LogP contribution in [0.2, 0.25) is 0 Å². The number of hydrogen-bond acceptors (Lipinski definition) is 3. The molecule has 1 aliphatic heterocycles. The van der Waals surface area contributed by atoms with Gasteiger partial charge in [0.1, 0.15) is 0 Å². The van der Waals surface area contributed by atoms with E-state index in [0.29, 0.717) is 12.1 Å². The Kier molecular flexibility index (Phi) is 19.3. The van der Waals surface area contributed by atoms with Crippen molar-refractivity contribution in [1.82, 2.24) is 5.32 Å². The Hall–Kier alpha value is -4.73. The molecule has 2 unspecified atom stereocenters. The summed E-state index contributed by atoms with van der Waals surface area (Å²) in [6.07, 6.45) is 13.0. The lowest BCUT2D eigenvalue weighted by Crippen LogP contribution is -2.15. The topological polar surface area (TPSA) is 57.8 Å². The number of anilines is 1. The molecule has 1 fully saturated rings. The first kappa shape index (κ1) is 44.4. The highest BCUT2D eigenvalue weighted by Gasteiger charge is 2.38. The minimum absolute atomic E-state index is 0.00671. The fourth-order valence-electron chi connectivity index (χ4n) is 6.76. The van der Waals surface area contributed by atoms with Crippen LogP contribution >= 0.6 is 0 Å². The van der Waals surface area contributed by atoms with Crippen molar-refractivity contribution in [3.8, 4) is 11.1 Å². The van der Waals surface area contributed by atoms with Crippen LogP contribution in [0.15, 0.2) is 139 Å². The molecule has 0 radical (unpaired) electrons. The minimum atomic E-state index is 0.00671. The van der Waals surface area contributed by atoms with Crippen molar-refractivity contribution in [3.63, 3.8) is 0 Å². The van der Waals surface area contributed by atoms with Crippen LogP contribution in [0.4, 0.5) is 5.69 Å². The van der Waals surface area contributed by atoms with Gasteiger partial charge in [0, 0.05) is 22.4 Å². The van der Waals surface area contributed by atoms with E-state index in [1.807, 2.05) is 41.5 Å². The zero-order chi connectivity index (χ0) is 39.4. The molecule has 3 N–H and O–H groups in total. The molecule has 4 aromatic carbocycles. The first-order chi connectivity index (χ1) is 25.9. The molecule has 0 aromatic heterocycles. The maximum Gasteiger partial charge on any atom is 0.0523 e. The highest BCUT2D eigenvalue weighted by atomic mass is 15.1. The Bertz CT molecular complexity index is 1730. The Labute approximate surface area is 323 Å². The summed E-state index contributed by atoms with van der Waals surface area (Å²) in [5.74, 6) is 0. The third-order valence-electron chi connectivity index (χ3n) is 9.50. The van der Waals surface area contributed by atoms with Crippen LogP contribution in [0.5, 0.6) is 0 Å². The fraction of sp³-hybridized carbons (Fsp3) is 0.340. The zero-order valence-corrected chi connectivity index (χ0v) is 34.4. The molecular formula is C50H67N3. The van der Waals surface area contributed by atoms with E-state index >= 15 is 0 Å². The molecule has 0 saturated carbocycles. The van der Waals surface area contributed by atoms with Gasteiger partial charge in [-0.2, -0.15) is 0 Å². The van der Waals surface area contributed by atoms with E-state index in [1.54, 1.807) is 0 Å². The third-order valence-corrected chi connectivity index (χ3v) is 9.50. The van der Waals surface area contributed by atoms with Crippen molar-refractivity contribution < 1.29 is 0 Å². The number of nitrogens with one attached hydrogen (secondary N) is 3. The molecule has 2 atom stereocenters. The molecule has 282 valence electrons. The van der Waals surface area contributed by atoms with Crippen LogP contribution in [-0.2, 0) is 5.41 Å². The van der Waals surface area contributed by atoms with Crippen molar-refractivity contribution in [2.75, 3.05) is 5.32 Å². The molecule has 0 bridgehead atoms. The second-order valence-electron chi connectivity index (χ2n) is 13.1. The van der Waals surface area contributed by atoms with E-state index < -0.39 is 0 Å². The van der Waals surface area contributed by atoms with Crippen molar-refractivity contribution in [2.45, 2.75) is 112 Å². The van der Waals surface area contributed by atoms with Gasteiger partial charge in [-0.3, -0.25) is 5.32 Å². The second-order valence-corrected chi connectivity index (χ2v) is 13.1. The minimum Gasteiger partial charge on any atom is -0.358 e. The average molecular weight is 710 g/mol. The van der Waals surface area contributed by atoms with Gasteiger partial charge in [-0.25, -0.2) is 0 Å².